The molecule has 0 radical (unpaired) electrons. The molecule has 8 heteroatoms. The quantitative estimate of drug-likeness (QED) is 0.906. The van der Waals surface area contributed by atoms with Crippen LogP contribution in [0.25, 0.3) is 0 Å². The van der Waals surface area contributed by atoms with E-state index in [9.17, 15) is 12.8 Å². The third-order valence-electron chi connectivity index (χ3n) is 2.21. The highest BCUT2D eigenvalue weighted by molar-refractivity contribution is 7.92. The predicted octanol–water partition coefficient (Wildman–Crippen LogP) is 1.57. The molecule has 0 atom stereocenters. The first-order valence-corrected chi connectivity index (χ1v) is 7.50. The molecule has 1 N–H and O–H groups in total. The van der Waals surface area contributed by atoms with E-state index in [4.69, 9.17) is 4.74 Å². The first kappa shape index (κ1) is 14.2. The fourth-order valence-corrected chi connectivity index (χ4v) is 1.88. The van der Waals surface area contributed by atoms with Crippen molar-refractivity contribution in [2.24, 2.45) is 0 Å². The number of benzene rings is 1. The normalized spacial score (nSPS) is 11.1. The molecule has 1 heterocycles. The first-order chi connectivity index (χ1) is 9.44. The molecule has 0 aliphatic rings. The van der Waals surface area contributed by atoms with E-state index >= 15 is 0 Å². The number of halogens is 1. The van der Waals surface area contributed by atoms with Gasteiger partial charge in [-0.1, -0.05) is 30.3 Å². The monoisotopic (exact) mass is 297 g/mol. The van der Waals surface area contributed by atoms with Crippen molar-refractivity contribution in [1.82, 2.24) is 9.97 Å². The van der Waals surface area contributed by atoms with Crippen LogP contribution in [0.1, 0.15) is 5.56 Å². The standard InChI is InChI=1S/C12H12FN3O3S/c1-20(17,18)16-11-10(13)7-14-12(15-11)19-8-9-5-3-2-4-6-9/h2-7H,8H2,1H3,(H,14,15,16). The second-order valence-corrected chi connectivity index (χ2v) is 5.75. The maximum Gasteiger partial charge on any atom is 0.318 e. The zero-order valence-electron chi connectivity index (χ0n) is 10.6. The lowest BCUT2D eigenvalue weighted by molar-refractivity contribution is 0.280. The van der Waals surface area contributed by atoms with Gasteiger partial charge < -0.3 is 4.74 Å². The van der Waals surface area contributed by atoms with Crippen LogP contribution in [-0.4, -0.2) is 24.6 Å². The highest BCUT2D eigenvalue weighted by atomic mass is 32.2. The lowest BCUT2D eigenvalue weighted by atomic mass is 10.2. The molecule has 0 aliphatic heterocycles. The second kappa shape index (κ2) is 5.83. The van der Waals surface area contributed by atoms with Crippen LogP contribution in [0.15, 0.2) is 36.5 Å². The van der Waals surface area contributed by atoms with Gasteiger partial charge in [-0.05, 0) is 5.56 Å². The maximum atomic E-state index is 13.4. The zero-order valence-corrected chi connectivity index (χ0v) is 11.4. The molecule has 20 heavy (non-hydrogen) atoms. The first-order valence-electron chi connectivity index (χ1n) is 5.61. The largest absolute Gasteiger partial charge is 0.459 e. The van der Waals surface area contributed by atoms with Gasteiger partial charge in [-0.2, -0.15) is 4.98 Å². The average Bonchev–Trinajstić information content (AvgIpc) is 2.39. The molecule has 1 aromatic carbocycles. The number of nitrogens with one attached hydrogen (secondary N) is 1. The van der Waals surface area contributed by atoms with Gasteiger partial charge in [-0.3, -0.25) is 4.72 Å². The summed E-state index contributed by atoms with van der Waals surface area (Å²) < 4.78 is 42.7. The van der Waals surface area contributed by atoms with Crippen LogP contribution in [-0.2, 0) is 16.6 Å². The summed E-state index contributed by atoms with van der Waals surface area (Å²) in [5.41, 5.74) is 0.887. The van der Waals surface area contributed by atoms with Gasteiger partial charge in [0, 0.05) is 0 Å². The highest BCUT2D eigenvalue weighted by Crippen LogP contribution is 2.15. The molecule has 2 aromatic rings. The number of ether oxygens (including phenoxy) is 1. The maximum absolute atomic E-state index is 13.4. The number of aromatic nitrogens is 2. The third kappa shape index (κ3) is 4.16. The van der Waals surface area contributed by atoms with Crippen molar-refractivity contribution in [3.8, 4) is 6.01 Å². The van der Waals surface area contributed by atoms with Gasteiger partial charge in [0.15, 0.2) is 11.6 Å². The van der Waals surface area contributed by atoms with Crippen molar-refractivity contribution in [2.45, 2.75) is 6.61 Å². The van der Waals surface area contributed by atoms with Crippen molar-refractivity contribution in [2.75, 3.05) is 11.0 Å². The number of sulfonamides is 1. The molecule has 0 bridgehead atoms. The van der Waals surface area contributed by atoms with Crippen molar-refractivity contribution in [1.29, 1.82) is 0 Å². The minimum atomic E-state index is -3.62. The number of rotatable bonds is 5. The van der Waals surface area contributed by atoms with Crippen LogP contribution in [0, 0.1) is 5.82 Å². The van der Waals surface area contributed by atoms with Gasteiger partial charge in [-0.25, -0.2) is 17.8 Å². The van der Waals surface area contributed by atoms with Gasteiger partial charge in [-0.15, -0.1) is 0 Å². The van der Waals surface area contributed by atoms with Crippen LogP contribution in [0.2, 0.25) is 0 Å². The van der Waals surface area contributed by atoms with E-state index in [0.717, 1.165) is 18.0 Å². The molecule has 0 aliphatic carbocycles. The van der Waals surface area contributed by atoms with Crippen LogP contribution < -0.4 is 9.46 Å². The molecule has 0 saturated carbocycles. The molecule has 0 fully saturated rings. The van der Waals surface area contributed by atoms with Gasteiger partial charge in [0.05, 0.1) is 12.5 Å². The Hall–Kier alpha value is -2.22. The summed E-state index contributed by atoms with van der Waals surface area (Å²) in [6, 6.07) is 9.15. The number of hydrogen-bond donors (Lipinski definition) is 1. The zero-order chi connectivity index (χ0) is 14.6. The van der Waals surface area contributed by atoms with Crippen molar-refractivity contribution in [3.05, 3.63) is 47.9 Å². The Kier molecular flexibility index (Phi) is 4.14. The van der Waals surface area contributed by atoms with E-state index < -0.39 is 21.7 Å². The highest BCUT2D eigenvalue weighted by Gasteiger charge is 2.12. The summed E-state index contributed by atoms with van der Waals surface area (Å²) in [5.74, 6) is -1.31. The smallest absolute Gasteiger partial charge is 0.318 e. The van der Waals surface area contributed by atoms with Gasteiger partial charge in [0.1, 0.15) is 6.61 Å². The summed E-state index contributed by atoms with van der Waals surface area (Å²) in [7, 11) is -3.62. The fourth-order valence-electron chi connectivity index (χ4n) is 1.39. The SMILES string of the molecule is CS(=O)(=O)Nc1nc(OCc2ccccc2)ncc1F. The van der Waals surface area contributed by atoms with Crippen molar-refractivity contribution in [3.63, 3.8) is 0 Å². The van der Waals surface area contributed by atoms with Crippen LogP contribution >= 0.6 is 0 Å². The molecule has 0 unspecified atom stereocenters. The predicted molar refractivity (Wildman–Crippen MR) is 71.2 cm³/mol. The van der Waals surface area contributed by atoms with E-state index in [1.165, 1.54) is 0 Å². The number of nitrogens with zero attached hydrogens (tertiary/aromatic N) is 2. The molecule has 2 rings (SSSR count). The molecule has 0 saturated heterocycles. The van der Waals surface area contributed by atoms with Crippen molar-refractivity contribution >= 4 is 15.8 Å². The van der Waals surface area contributed by atoms with Gasteiger partial charge in [0.25, 0.3) is 0 Å². The molecule has 6 nitrogen and oxygen atoms in total. The molecular weight excluding hydrogens is 285 g/mol. The minimum absolute atomic E-state index is 0.110. The topological polar surface area (TPSA) is 81.2 Å². The van der Waals surface area contributed by atoms with E-state index in [-0.39, 0.29) is 12.6 Å². The van der Waals surface area contributed by atoms with Crippen LogP contribution in [0.3, 0.4) is 0 Å². The summed E-state index contributed by atoms with van der Waals surface area (Å²) in [6.07, 6.45) is 1.75. The van der Waals surface area contributed by atoms with Crippen LogP contribution in [0.5, 0.6) is 6.01 Å². The Morgan fingerprint density at radius 1 is 1.30 bits per heavy atom. The molecule has 0 amide bonds. The summed E-state index contributed by atoms with van der Waals surface area (Å²) in [5, 5.41) is 0. The lowest BCUT2D eigenvalue weighted by Crippen LogP contribution is -2.13. The Balaban J connectivity index is 2.11. The fraction of sp³-hybridized carbons (Fsp3) is 0.167. The van der Waals surface area contributed by atoms with E-state index in [0.29, 0.717) is 0 Å². The Morgan fingerprint density at radius 3 is 2.65 bits per heavy atom. The molecule has 106 valence electrons. The lowest BCUT2D eigenvalue weighted by Gasteiger charge is -2.07. The Labute approximate surface area is 115 Å². The molecular formula is C12H12FN3O3S. The Bertz CT molecular complexity index is 692. The van der Waals surface area contributed by atoms with E-state index in [1.54, 1.807) is 0 Å². The summed E-state index contributed by atoms with van der Waals surface area (Å²) >= 11 is 0. The minimum Gasteiger partial charge on any atom is -0.459 e. The van der Waals surface area contributed by atoms with Gasteiger partial charge in [0.2, 0.25) is 10.0 Å². The molecule has 1 aromatic heterocycles. The number of anilines is 1. The van der Waals surface area contributed by atoms with Crippen molar-refractivity contribution < 1.29 is 17.5 Å². The Morgan fingerprint density at radius 2 is 2.00 bits per heavy atom. The van der Waals surface area contributed by atoms with E-state index in [1.807, 2.05) is 35.1 Å². The van der Waals surface area contributed by atoms with Crippen LogP contribution in [0.4, 0.5) is 10.2 Å². The van der Waals surface area contributed by atoms with E-state index in [2.05, 4.69) is 9.97 Å². The molecule has 0 spiro atoms. The summed E-state index contributed by atoms with van der Waals surface area (Å²) in [4.78, 5) is 7.31. The average molecular weight is 297 g/mol. The van der Waals surface area contributed by atoms with Gasteiger partial charge >= 0.3 is 6.01 Å². The summed E-state index contributed by atoms with van der Waals surface area (Å²) in [6.45, 7) is 0.199. The number of hydrogen-bond acceptors (Lipinski definition) is 5. The second-order valence-electron chi connectivity index (χ2n) is 4.00. The third-order valence-corrected chi connectivity index (χ3v) is 2.78.